The smallest absolute Gasteiger partial charge is 0.410 e. The van der Waals surface area contributed by atoms with E-state index in [4.69, 9.17) is 4.74 Å². The second-order valence-electron chi connectivity index (χ2n) is 6.64. The molecule has 2 fully saturated rings. The van der Waals surface area contributed by atoms with Gasteiger partial charge < -0.3 is 19.6 Å². The van der Waals surface area contributed by atoms with Crippen LogP contribution >= 0.6 is 15.9 Å². The van der Waals surface area contributed by atoms with Gasteiger partial charge >= 0.3 is 6.09 Å². The van der Waals surface area contributed by atoms with Gasteiger partial charge in [0.25, 0.3) is 0 Å². The summed E-state index contributed by atoms with van der Waals surface area (Å²) in [5, 5.41) is 10.3. The van der Waals surface area contributed by atoms with E-state index in [2.05, 4.69) is 15.9 Å². The molecular formula is C13H21BrN2O4. The number of β-amino-alcohol motifs (C(OH)–C–C–N with tert-alkyl or cyclic N) is 1. The van der Waals surface area contributed by atoms with Crippen LogP contribution in [0.25, 0.3) is 0 Å². The summed E-state index contributed by atoms with van der Waals surface area (Å²) in [5.41, 5.74) is -1.55. The SMILES string of the molecule is CC(C)(C)OC(=O)N1CC(O)(CN2CC(Br)CC2=O)C1. The number of carbonyl (C=O) groups is 2. The molecule has 2 rings (SSSR count). The zero-order chi connectivity index (χ0) is 15.1. The fraction of sp³-hybridized carbons (Fsp3) is 0.846. The third kappa shape index (κ3) is 3.63. The fourth-order valence-corrected chi connectivity index (χ4v) is 3.08. The lowest BCUT2D eigenvalue weighted by molar-refractivity contribution is -0.139. The Morgan fingerprint density at radius 3 is 2.55 bits per heavy atom. The van der Waals surface area contributed by atoms with E-state index in [9.17, 15) is 14.7 Å². The summed E-state index contributed by atoms with van der Waals surface area (Å²) in [6.07, 6.45) is 0.0413. The van der Waals surface area contributed by atoms with Crippen LogP contribution in [0.1, 0.15) is 27.2 Å². The second kappa shape index (κ2) is 5.18. The van der Waals surface area contributed by atoms with Crippen molar-refractivity contribution in [3.8, 4) is 0 Å². The number of amides is 2. The van der Waals surface area contributed by atoms with Crippen LogP contribution in [0.3, 0.4) is 0 Å². The van der Waals surface area contributed by atoms with Gasteiger partial charge in [0.05, 0.1) is 19.6 Å². The number of hydrogen-bond acceptors (Lipinski definition) is 4. The fourth-order valence-electron chi connectivity index (χ4n) is 2.45. The average molecular weight is 349 g/mol. The first-order valence-electron chi connectivity index (χ1n) is 6.70. The minimum Gasteiger partial charge on any atom is -0.444 e. The standard InChI is InChI=1S/C13H21BrN2O4/c1-12(2,3)20-11(18)16-7-13(19,8-16)6-15-5-9(14)4-10(15)17/h9,19H,4-8H2,1-3H3. The highest BCUT2D eigenvalue weighted by Gasteiger charge is 2.47. The van der Waals surface area contributed by atoms with Crippen molar-refractivity contribution in [2.75, 3.05) is 26.2 Å². The molecule has 1 N–H and O–H groups in total. The van der Waals surface area contributed by atoms with Crippen molar-refractivity contribution in [2.45, 2.75) is 43.2 Å². The minimum atomic E-state index is -1.01. The molecule has 2 aliphatic rings. The van der Waals surface area contributed by atoms with Crippen molar-refractivity contribution >= 4 is 27.9 Å². The molecule has 0 saturated carbocycles. The number of likely N-dealkylation sites (tertiary alicyclic amines) is 2. The zero-order valence-electron chi connectivity index (χ0n) is 12.1. The van der Waals surface area contributed by atoms with Crippen LogP contribution in [0, 0.1) is 0 Å². The first kappa shape index (κ1) is 15.6. The molecule has 1 atom stereocenters. The first-order chi connectivity index (χ1) is 9.08. The van der Waals surface area contributed by atoms with Crippen molar-refractivity contribution < 1.29 is 19.4 Å². The number of alkyl halides is 1. The highest BCUT2D eigenvalue weighted by Crippen LogP contribution is 2.27. The number of nitrogens with zero attached hydrogens (tertiary/aromatic N) is 2. The van der Waals surface area contributed by atoms with Crippen molar-refractivity contribution in [1.82, 2.24) is 9.80 Å². The summed E-state index contributed by atoms with van der Waals surface area (Å²) in [6, 6.07) is 0. The lowest BCUT2D eigenvalue weighted by Crippen LogP contribution is -2.68. The maximum Gasteiger partial charge on any atom is 0.410 e. The van der Waals surface area contributed by atoms with Crippen LogP contribution in [0.5, 0.6) is 0 Å². The van der Waals surface area contributed by atoms with Gasteiger partial charge in [-0.3, -0.25) is 4.79 Å². The Balaban J connectivity index is 1.82. The van der Waals surface area contributed by atoms with Crippen molar-refractivity contribution in [1.29, 1.82) is 0 Å². The van der Waals surface area contributed by atoms with Crippen molar-refractivity contribution in [3.05, 3.63) is 0 Å². The predicted octanol–water partition coefficient (Wildman–Crippen LogP) is 0.964. The molecule has 2 saturated heterocycles. The summed E-state index contributed by atoms with van der Waals surface area (Å²) in [6.45, 7) is 6.69. The Kier molecular flexibility index (Phi) is 4.03. The Morgan fingerprint density at radius 1 is 1.50 bits per heavy atom. The predicted molar refractivity (Wildman–Crippen MR) is 76.7 cm³/mol. The third-order valence-corrected chi connectivity index (χ3v) is 3.89. The van der Waals surface area contributed by atoms with E-state index >= 15 is 0 Å². The summed E-state index contributed by atoms with van der Waals surface area (Å²) in [4.78, 5) is 26.7. The largest absolute Gasteiger partial charge is 0.444 e. The molecule has 6 nitrogen and oxygen atoms in total. The number of carbonyl (C=O) groups excluding carboxylic acids is 2. The maximum atomic E-state index is 11.8. The van der Waals surface area contributed by atoms with Gasteiger partial charge in [-0.15, -0.1) is 0 Å². The lowest BCUT2D eigenvalue weighted by Gasteiger charge is -2.47. The monoisotopic (exact) mass is 348 g/mol. The van der Waals surface area contributed by atoms with Crippen molar-refractivity contribution in [3.63, 3.8) is 0 Å². The third-order valence-electron chi connectivity index (χ3n) is 3.27. The molecule has 2 aliphatic heterocycles. The topological polar surface area (TPSA) is 70.1 Å². The van der Waals surface area contributed by atoms with E-state index in [-0.39, 0.29) is 30.4 Å². The quantitative estimate of drug-likeness (QED) is 0.754. The number of halogens is 1. The molecule has 0 aromatic rings. The Labute approximate surface area is 127 Å². The molecule has 0 aromatic heterocycles. The van der Waals surface area contributed by atoms with E-state index < -0.39 is 17.3 Å². The molecule has 1 unspecified atom stereocenters. The highest BCUT2D eigenvalue weighted by atomic mass is 79.9. The van der Waals surface area contributed by atoms with Crippen molar-refractivity contribution in [2.24, 2.45) is 0 Å². The van der Waals surface area contributed by atoms with Crippen LogP contribution in [0.2, 0.25) is 0 Å². The van der Waals surface area contributed by atoms with Crippen LogP contribution in [-0.2, 0) is 9.53 Å². The molecule has 0 radical (unpaired) electrons. The van der Waals surface area contributed by atoms with Crippen LogP contribution in [0.15, 0.2) is 0 Å². The van der Waals surface area contributed by atoms with Crippen LogP contribution in [-0.4, -0.2) is 69.1 Å². The molecule has 20 heavy (non-hydrogen) atoms. The Morgan fingerprint density at radius 2 is 2.10 bits per heavy atom. The molecule has 114 valence electrons. The van der Waals surface area contributed by atoms with Crippen LogP contribution in [0.4, 0.5) is 4.79 Å². The van der Waals surface area contributed by atoms with E-state index in [1.54, 1.807) is 25.7 Å². The van der Waals surface area contributed by atoms with E-state index in [1.165, 1.54) is 4.90 Å². The van der Waals surface area contributed by atoms with E-state index in [1.807, 2.05) is 0 Å². The van der Waals surface area contributed by atoms with Gasteiger partial charge in [-0.1, -0.05) is 15.9 Å². The lowest BCUT2D eigenvalue weighted by atomic mass is 9.94. The maximum absolute atomic E-state index is 11.8. The molecule has 0 bridgehead atoms. The average Bonchev–Trinajstić information content (AvgIpc) is 2.51. The molecule has 0 aliphatic carbocycles. The van der Waals surface area contributed by atoms with E-state index in [0.29, 0.717) is 13.0 Å². The second-order valence-corrected chi connectivity index (χ2v) is 7.93. The molecule has 0 spiro atoms. The number of aliphatic hydroxyl groups is 1. The van der Waals surface area contributed by atoms with Gasteiger partial charge in [-0.2, -0.15) is 0 Å². The molecule has 0 aromatic carbocycles. The number of rotatable bonds is 2. The van der Waals surface area contributed by atoms with Gasteiger partial charge in [0.1, 0.15) is 11.2 Å². The zero-order valence-corrected chi connectivity index (χ0v) is 13.6. The molecule has 7 heteroatoms. The Bertz CT molecular complexity index is 415. The van der Waals surface area contributed by atoms with Gasteiger partial charge in [-0.05, 0) is 20.8 Å². The van der Waals surface area contributed by atoms with Crippen LogP contribution < -0.4 is 0 Å². The van der Waals surface area contributed by atoms with Gasteiger partial charge in [-0.25, -0.2) is 4.79 Å². The summed E-state index contributed by atoms with van der Waals surface area (Å²) in [5.74, 6) is 0.0380. The summed E-state index contributed by atoms with van der Waals surface area (Å²) < 4.78 is 5.23. The first-order valence-corrected chi connectivity index (χ1v) is 7.62. The van der Waals surface area contributed by atoms with E-state index in [0.717, 1.165) is 0 Å². The summed E-state index contributed by atoms with van der Waals surface area (Å²) >= 11 is 3.41. The van der Waals surface area contributed by atoms with Gasteiger partial charge in [0, 0.05) is 17.8 Å². The normalized spacial score (nSPS) is 25.6. The van der Waals surface area contributed by atoms with Gasteiger partial charge in [0.15, 0.2) is 0 Å². The Hall–Kier alpha value is -0.820. The highest BCUT2D eigenvalue weighted by molar-refractivity contribution is 9.09. The molecular weight excluding hydrogens is 328 g/mol. The molecule has 2 heterocycles. The molecule has 2 amide bonds. The summed E-state index contributed by atoms with van der Waals surface area (Å²) in [7, 11) is 0. The minimum absolute atomic E-state index is 0.0380. The van der Waals surface area contributed by atoms with Gasteiger partial charge in [0.2, 0.25) is 5.91 Å². The number of ether oxygens (including phenoxy) is 1. The number of hydrogen-bond donors (Lipinski definition) is 1.